The SMILES string of the molecule is CC(C)(O)c1cnc(N(CC(F)C(C)(C)O)c2ccncc2C(N)=O)s1. The molecule has 0 saturated carbocycles. The number of nitrogens with two attached hydrogens (primary N) is 1. The number of pyridine rings is 1. The van der Waals surface area contributed by atoms with Gasteiger partial charge >= 0.3 is 0 Å². The Hall–Kier alpha value is -2.10. The molecule has 2 rings (SSSR count). The number of hydrogen-bond donors (Lipinski definition) is 3. The number of carbonyl (C=O) groups is 1. The van der Waals surface area contributed by atoms with Gasteiger partial charge in [0.1, 0.15) is 6.17 Å². The molecule has 0 aromatic carbocycles. The van der Waals surface area contributed by atoms with Gasteiger partial charge in [0.2, 0.25) is 0 Å². The average molecular weight is 382 g/mol. The molecule has 7 nitrogen and oxygen atoms in total. The Morgan fingerprint density at radius 1 is 1.35 bits per heavy atom. The fourth-order valence-electron chi connectivity index (χ4n) is 2.15. The average Bonchev–Trinajstić information content (AvgIpc) is 3.01. The first kappa shape index (κ1) is 20.2. The molecule has 142 valence electrons. The minimum atomic E-state index is -1.63. The molecular formula is C17H23FN4O3S. The lowest BCUT2D eigenvalue weighted by atomic mass is 10.0. The van der Waals surface area contributed by atoms with Crippen LogP contribution >= 0.6 is 11.3 Å². The number of carbonyl (C=O) groups excluding carboxylic acids is 1. The van der Waals surface area contributed by atoms with Gasteiger partial charge in [0.05, 0.1) is 33.9 Å². The van der Waals surface area contributed by atoms with Crippen molar-refractivity contribution in [3.63, 3.8) is 0 Å². The first-order chi connectivity index (χ1) is 11.9. The number of halogens is 1. The molecule has 1 atom stereocenters. The number of alkyl halides is 1. The van der Waals surface area contributed by atoms with Gasteiger partial charge in [0, 0.05) is 18.6 Å². The van der Waals surface area contributed by atoms with Gasteiger partial charge in [-0.2, -0.15) is 0 Å². The van der Waals surface area contributed by atoms with Crippen LogP contribution < -0.4 is 10.6 Å². The molecule has 26 heavy (non-hydrogen) atoms. The van der Waals surface area contributed by atoms with Crippen LogP contribution in [0.3, 0.4) is 0 Å². The van der Waals surface area contributed by atoms with E-state index in [1.807, 2.05) is 0 Å². The molecule has 9 heteroatoms. The number of thiazole rings is 1. The van der Waals surface area contributed by atoms with E-state index in [2.05, 4.69) is 9.97 Å². The van der Waals surface area contributed by atoms with Crippen molar-refractivity contribution in [3.05, 3.63) is 35.1 Å². The summed E-state index contributed by atoms with van der Waals surface area (Å²) in [7, 11) is 0. The number of rotatable bonds is 7. The molecule has 2 heterocycles. The Morgan fingerprint density at radius 3 is 2.50 bits per heavy atom. The molecule has 0 saturated heterocycles. The summed E-state index contributed by atoms with van der Waals surface area (Å²) in [5.74, 6) is -0.712. The predicted molar refractivity (Wildman–Crippen MR) is 98.3 cm³/mol. The van der Waals surface area contributed by atoms with Crippen molar-refractivity contribution >= 4 is 28.1 Å². The molecule has 4 N–H and O–H groups in total. The van der Waals surface area contributed by atoms with Crippen LogP contribution in [-0.2, 0) is 5.60 Å². The molecule has 0 spiro atoms. The summed E-state index contributed by atoms with van der Waals surface area (Å²) in [5, 5.41) is 20.5. The highest BCUT2D eigenvalue weighted by Crippen LogP contribution is 2.36. The van der Waals surface area contributed by atoms with Gasteiger partial charge in [0.25, 0.3) is 5.91 Å². The van der Waals surface area contributed by atoms with Crippen molar-refractivity contribution in [2.75, 3.05) is 11.4 Å². The number of primary amides is 1. The molecule has 0 aliphatic carbocycles. The smallest absolute Gasteiger partial charge is 0.252 e. The number of anilines is 2. The van der Waals surface area contributed by atoms with Crippen LogP contribution in [0.15, 0.2) is 24.7 Å². The lowest BCUT2D eigenvalue weighted by molar-refractivity contribution is 0.00145. The van der Waals surface area contributed by atoms with E-state index < -0.39 is 23.3 Å². The Balaban J connectivity index is 2.53. The van der Waals surface area contributed by atoms with Gasteiger partial charge in [-0.05, 0) is 33.8 Å². The van der Waals surface area contributed by atoms with Crippen molar-refractivity contribution in [2.24, 2.45) is 5.73 Å². The highest BCUT2D eigenvalue weighted by Gasteiger charge is 2.32. The zero-order chi connectivity index (χ0) is 19.7. The summed E-state index contributed by atoms with van der Waals surface area (Å²) >= 11 is 1.16. The largest absolute Gasteiger partial charge is 0.387 e. The Labute approximate surface area is 155 Å². The zero-order valence-electron chi connectivity index (χ0n) is 15.1. The van der Waals surface area contributed by atoms with E-state index in [0.717, 1.165) is 11.3 Å². The standard InChI is InChI=1S/C17H23FN4O3S/c1-16(2,24)12(18)9-22(11-5-6-20-7-10(11)14(19)23)15-21-8-13(26-15)17(3,4)25/h5-8,12,24-25H,9H2,1-4H3,(H2,19,23). The van der Waals surface area contributed by atoms with E-state index in [-0.39, 0.29) is 12.1 Å². The zero-order valence-corrected chi connectivity index (χ0v) is 15.9. The van der Waals surface area contributed by atoms with Crippen molar-refractivity contribution in [1.29, 1.82) is 0 Å². The molecule has 2 aromatic heterocycles. The van der Waals surface area contributed by atoms with Gasteiger partial charge in [-0.3, -0.25) is 9.78 Å². The maximum absolute atomic E-state index is 14.6. The van der Waals surface area contributed by atoms with E-state index in [0.29, 0.717) is 15.7 Å². The molecular weight excluding hydrogens is 359 g/mol. The van der Waals surface area contributed by atoms with E-state index >= 15 is 0 Å². The highest BCUT2D eigenvalue weighted by molar-refractivity contribution is 7.15. The second-order valence-corrected chi connectivity index (χ2v) is 8.06. The summed E-state index contributed by atoms with van der Waals surface area (Å²) in [6.07, 6.45) is 2.62. The van der Waals surface area contributed by atoms with Gasteiger partial charge in [-0.1, -0.05) is 11.3 Å². The quantitative estimate of drug-likeness (QED) is 0.676. The summed E-state index contributed by atoms with van der Waals surface area (Å²) in [4.78, 5) is 21.9. The monoisotopic (exact) mass is 382 g/mol. The molecule has 0 fully saturated rings. The van der Waals surface area contributed by atoms with E-state index in [4.69, 9.17) is 5.73 Å². The Bertz CT molecular complexity index is 783. The van der Waals surface area contributed by atoms with Gasteiger partial charge in [0.15, 0.2) is 5.13 Å². The summed E-state index contributed by atoms with van der Waals surface area (Å²) < 4.78 is 14.6. The maximum Gasteiger partial charge on any atom is 0.252 e. The number of aromatic nitrogens is 2. The molecule has 0 aliphatic heterocycles. The molecule has 1 unspecified atom stereocenters. The third-order valence-corrected chi connectivity index (χ3v) is 5.12. The summed E-state index contributed by atoms with van der Waals surface area (Å²) in [5.41, 5.74) is 3.15. The van der Waals surface area contributed by atoms with E-state index in [1.165, 1.54) is 43.4 Å². The fraction of sp³-hybridized carbons (Fsp3) is 0.471. The first-order valence-corrected chi connectivity index (χ1v) is 8.79. The first-order valence-electron chi connectivity index (χ1n) is 7.97. The van der Waals surface area contributed by atoms with E-state index in [1.54, 1.807) is 13.8 Å². The van der Waals surface area contributed by atoms with Crippen LogP contribution in [0, 0.1) is 0 Å². The number of aliphatic hydroxyl groups is 2. The van der Waals surface area contributed by atoms with Crippen molar-refractivity contribution < 1.29 is 19.4 Å². The minimum absolute atomic E-state index is 0.107. The molecule has 0 aliphatic rings. The number of amides is 1. The van der Waals surface area contributed by atoms with Gasteiger partial charge in [-0.25, -0.2) is 9.37 Å². The van der Waals surface area contributed by atoms with E-state index in [9.17, 15) is 19.4 Å². The predicted octanol–water partition coefficient (Wildman–Crippen LogP) is 2.11. The number of nitrogens with zero attached hydrogens (tertiary/aromatic N) is 3. The lowest BCUT2D eigenvalue weighted by Gasteiger charge is -2.30. The van der Waals surface area contributed by atoms with Crippen molar-refractivity contribution in [3.8, 4) is 0 Å². The van der Waals surface area contributed by atoms with Crippen LogP contribution in [0.2, 0.25) is 0 Å². The lowest BCUT2D eigenvalue weighted by Crippen LogP contribution is -2.41. The minimum Gasteiger partial charge on any atom is -0.387 e. The highest BCUT2D eigenvalue weighted by atomic mass is 32.1. The molecule has 1 amide bonds. The number of hydrogen-bond acceptors (Lipinski definition) is 7. The molecule has 0 radical (unpaired) electrons. The third-order valence-electron chi connectivity index (χ3n) is 3.79. The van der Waals surface area contributed by atoms with Crippen molar-refractivity contribution in [2.45, 2.75) is 45.1 Å². The van der Waals surface area contributed by atoms with Crippen LogP contribution in [0.1, 0.15) is 42.9 Å². The third kappa shape index (κ3) is 4.54. The topological polar surface area (TPSA) is 113 Å². The second-order valence-electron chi connectivity index (χ2n) is 7.05. The Kier molecular flexibility index (Phi) is 5.64. The Morgan fingerprint density at radius 2 is 2.00 bits per heavy atom. The van der Waals surface area contributed by atoms with Crippen LogP contribution in [-0.4, -0.2) is 44.4 Å². The van der Waals surface area contributed by atoms with Crippen LogP contribution in [0.4, 0.5) is 15.2 Å². The van der Waals surface area contributed by atoms with Crippen LogP contribution in [0.25, 0.3) is 0 Å². The van der Waals surface area contributed by atoms with Gasteiger partial charge < -0.3 is 20.8 Å². The summed E-state index contributed by atoms with van der Waals surface area (Å²) in [6.45, 7) is 5.70. The van der Waals surface area contributed by atoms with Crippen molar-refractivity contribution in [1.82, 2.24) is 9.97 Å². The maximum atomic E-state index is 14.6. The molecule has 2 aromatic rings. The summed E-state index contributed by atoms with van der Waals surface area (Å²) in [6, 6.07) is 1.53. The molecule has 0 bridgehead atoms. The fourth-order valence-corrected chi connectivity index (χ4v) is 3.09. The normalized spacial score (nSPS) is 13.5. The second kappa shape index (κ2) is 7.26. The van der Waals surface area contributed by atoms with Crippen LogP contribution in [0.5, 0.6) is 0 Å². The van der Waals surface area contributed by atoms with Gasteiger partial charge in [-0.15, -0.1) is 0 Å².